The van der Waals surface area contributed by atoms with Crippen molar-refractivity contribution < 1.29 is 17.6 Å². The molecule has 6 nitrogen and oxygen atoms in total. The summed E-state index contributed by atoms with van der Waals surface area (Å²) in [7, 11) is -3.72. The number of nitrogens with one attached hydrogen (secondary N) is 1. The van der Waals surface area contributed by atoms with Crippen molar-refractivity contribution >= 4 is 26.8 Å². The van der Waals surface area contributed by atoms with E-state index in [1.54, 1.807) is 11.1 Å². The standard InChI is InChI=1S/C20H20FN3O3S/c21-15-6-8-16(9-7-15)28(26,27)24-11-3-10-23(12-13-24)20(25)18-14-22-19-5-2-1-4-17(18)19/h1-2,4-9,14,22H,3,10-13H2. The lowest BCUT2D eigenvalue weighted by molar-refractivity contribution is 0.0766. The Balaban J connectivity index is 1.52. The summed E-state index contributed by atoms with van der Waals surface area (Å²) >= 11 is 0. The molecular weight excluding hydrogens is 381 g/mol. The van der Waals surface area contributed by atoms with E-state index >= 15 is 0 Å². The number of rotatable bonds is 3. The molecule has 3 aromatic rings. The number of hydrogen-bond acceptors (Lipinski definition) is 3. The van der Waals surface area contributed by atoms with Crippen LogP contribution in [0.1, 0.15) is 16.8 Å². The minimum Gasteiger partial charge on any atom is -0.360 e. The zero-order valence-corrected chi connectivity index (χ0v) is 16.0. The molecule has 4 rings (SSSR count). The van der Waals surface area contributed by atoms with Gasteiger partial charge in [-0.3, -0.25) is 4.79 Å². The van der Waals surface area contributed by atoms with Gasteiger partial charge in [0.1, 0.15) is 5.82 Å². The first-order valence-corrected chi connectivity index (χ1v) is 10.5. The fraction of sp³-hybridized carbons (Fsp3) is 0.250. The number of carbonyl (C=O) groups excluding carboxylic acids is 1. The minimum absolute atomic E-state index is 0.0605. The van der Waals surface area contributed by atoms with Crippen molar-refractivity contribution in [3.05, 3.63) is 66.1 Å². The van der Waals surface area contributed by atoms with E-state index in [4.69, 9.17) is 0 Å². The topological polar surface area (TPSA) is 73.5 Å². The van der Waals surface area contributed by atoms with E-state index in [-0.39, 0.29) is 17.3 Å². The van der Waals surface area contributed by atoms with Crippen LogP contribution in [0.15, 0.2) is 59.6 Å². The quantitative estimate of drug-likeness (QED) is 0.733. The summed E-state index contributed by atoms with van der Waals surface area (Å²) in [6.07, 6.45) is 2.24. The number of carbonyl (C=O) groups is 1. The molecule has 1 aliphatic heterocycles. The second kappa shape index (κ2) is 7.37. The third-order valence-corrected chi connectivity index (χ3v) is 6.93. The summed E-state index contributed by atoms with van der Waals surface area (Å²) in [6.45, 7) is 1.30. The van der Waals surface area contributed by atoms with E-state index in [1.165, 1.54) is 16.4 Å². The summed E-state index contributed by atoms with van der Waals surface area (Å²) in [5.74, 6) is -0.594. The van der Waals surface area contributed by atoms with Crippen LogP contribution in [0, 0.1) is 5.82 Å². The number of halogens is 1. The van der Waals surface area contributed by atoms with Crippen LogP contribution in [0.2, 0.25) is 0 Å². The molecule has 0 atom stereocenters. The summed E-state index contributed by atoms with van der Waals surface area (Å²) in [5.41, 5.74) is 1.48. The largest absolute Gasteiger partial charge is 0.360 e. The van der Waals surface area contributed by atoms with E-state index in [1.807, 2.05) is 24.3 Å². The van der Waals surface area contributed by atoms with Crippen molar-refractivity contribution in [2.24, 2.45) is 0 Å². The molecule has 1 saturated heterocycles. The maximum Gasteiger partial charge on any atom is 0.256 e. The SMILES string of the molecule is O=C(c1c[nH]c2ccccc12)N1CCCN(S(=O)(=O)c2ccc(F)cc2)CC1. The smallest absolute Gasteiger partial charge is 0.256 e. The lowest BCUT2D eigenvalue weighted by Gasteiger charge is -2.22. The van der Waals surface area contributed by atoms with Gasteiger partial charge in [0, 0.05) is 43.3 Å². The fourth-order valence-corrected chi connectivity index (χ4v) is 4.98. The van der Waals surface area contributed by atoms with Crippen LogP contribution >= 0.6 is 0 Å². The van der Waals surface area contributed by atoms with E-state index in [0.717, 1.165) is 23.0 Å². The number of hydrogen-bond donors (Lipinski definition) is 1. The molecule has 1 amide bonds. The maximum atomic E-state index is 13.1. The molecule has 146 valence electrons. The van der Waals surface area contributed by atoms with Gasteiger partial charge in [-0.25, -0.2) is 12.8 Å². The highest BCUT2D eigenvalue weighted by Crippen LogP contribution is 2.22. The van der Waals surface area contributed by atoms with Gasteiger partial charge >= 0.3 is 0 Å². The highest BCUT2D eigenvalue weighted by molar-refractivity contribution is 7.89. The third kappa shape index (κ3) is 3.41. The van der Waals surface area contributed by atoms with Gasteiger partial charge in [0.05, 0.1) is 10.5 Å². The Hall–Kier alpha value is -2.71. The second-order valence-electron chi connectivity index (χ2n) is 6.75. The number of nitrogens with zero attached hydrogens (tertiary/aromatic N) is 2. The average molecular weight is 401 g/mol. The van der Waals surface area contributed by atoms with Crippen LogP contribution in [0.3, 0.4) is 0 Å². The lowest BCUT2D eigenvalue weighted by atomic mass is 10.1. The molecule has 1 N–H and O–H groups in total. The Morgan fingerprint density at radius 3 is 2.50 bits per heavy atom. The van der Waals surface area contributed by atoms with Crippen LogP contribution in [0.25, 0.3) is 10.9 Å². The lowest BCUT2D eigenvalue weighted by Crippen LogP contribution is -2.37. The van der Waals surface area contributed by atoms with Gasteiger partial charge in [0.25, 0.3) is 5.91 Å². The van der Waals surface area contributed by atoms with E-state index in [2.05, 4.69) is 4.98 Å². The van der Waals surface area contributed by atoms with Crippen LogP contribution < -0.4 is 0 Å². The van der Waals surface area contributed by atoms with Crippen molar-refractivity contribution in [2.45, 2.75) is 11.3 Å². The number of aromatic nitrogens is 1. The molecule has 1 aliphatic rings. The number of sulfonamides is 1. The Kier molecular flexibility index (Phi) is 4.91. The molecule has 1 fully saturated rings. The summed E-state index contributed by atoms with van der Waals surface area (Å²) in [4.78, 5) is 17.8. The van der Waals surface area contributed by atoms with Gasteiger partial charge < -0.3 is 9.88 Å². The monoisotopic (exact) mass is 401 g/mol. The average Bonchev–Trinajstić information content (AvgIpc) is 2.96. The predicted octanol–water partition coefficient (Wildman–Crippen LogP) is 2.84. The van der Waals surface area contributed by atoms with Crippen molar-refractivity contribution in [1.29, 1.82) is 0 Å². The molecule has 1 aromatic heterocycles. The minimum atomic E-state index is -3.72. The highest BCUT2D eigenvalue weighted by atomic mass is 32.2. The van der Waals surface area contributed by atoms with Gasteiger partial charge in [-0.15, -0.1) is 0 Å². The van der Waals surface area contributed by atoms with Crippen LogP contribution in [0.5, 0.6) is 0 Å². The summed E-state index contributed by atoms with van der Waals surface area (Å²) in [6, 6.07) is 12.4. The first-order valence-electron chi connectivity index (χ1n) is 9.08. The van der Waals surface area contributed by atoms with Gasteiger partial charge in [0.2, 0.25) is 10.0 Å². The molecule has 28 heavy (non-hydrogen) atoms. The number of H-pyrrole nitrogens is 1. The normalized spacial score (nSPS) is 16.2. The highest BCUT2D eigenvalue weighted by Gasteiger charge is 2.29. The Morgan fingerprint density at radius 1 is 0.964 bits per heavy atom. The molecule has 8 heteroatoms. The Morgan fingerprint density at radius 2 is 1.71 bits per heavy atom. The molecule has 0 spiro atoms. The summed E-state index contributed by atoms with van der Waals surface area (Å²) in [5, 5.41) is 0.854. The van der Waals surface area contributed by atoms with Crippen LogP contribution in [-0.2, 0) is 10.0 Å². The number of amides is 1. The molecule has 0 saturated carbocycles. The Bertz CT molecular complexity index is 1110. The van der Waals surface area contributed by atoms with Crippen molar-refractivity contribution in [2.75, 3.05) is 26.2 Å². The van der Waals surface area contributed by atoms with E-state index in [0.29, 0.717) is 31.6 Å². The Labute approximate surface area is 162 Å². The van der Waals surface area contributed by atoms with Crippen molar-refractivity contribution in [3.8, 4) is 0 Å². The van der Waals surface area contributed by atoms with Gasteiger partial charge in [-0.1, -0.05) is 18.2 Å². The zero-order chi connectivity index (χ0) is 19.7. The molecule has 0 aliphatic carbocycles. The number of fused-ring (bicyclic) bond motifs is 1. The van der Waals surface area contributed by atoms with E-state index < -0.39 is 15.8 Å². The van der Waals surface area contributed by atoms with Gasteiger partial charge in [-0.05, 0) is 36.8 Å². The van der Waals surface area contributed by atoms with Crippen LogP contribution in [0.4, 0.5) is 4.39 Å². The first kappa shape index (κ1) is 18.6. The number of benzene rings is 2. The molecular formula is C20H20FN3O3S. The maximum absolute atomic E-state index is 13.1. The number of aromatic amines is 1. The van der Waals surface area contributed by atoms with Crippen molar-refractivity contribution in [3.63, 3.8) is 0 Å². The molecule has 2 heterocycles. The van der Waals surface area contributed by atoms with Crippen LogP contribution in [-0.4, -0.2) is 54.7 Å². The van der Waals surface area contributed by atoms with Gasteiger partial charge in [-0.2, -0.15) is 4.31 Å². The molecule has 0 unspecified atom stereocenters. The molecule has 0 bridgehead atoms. The second-order valence-corrected chi connectivity index (χ2v) is 8.69. The van der Waals surface area contributed by atoms with E-state index in [9.17, 15) is 17.6 Å². The first-order chi connectivity index (χ1) is 13.5. The fourth-order valence-electron chi connectivity index (χ4n) is 3.51. The molecule has 2 aromatic carbocycles. The predicted molar refractivity (Wildman–Crippen MR) is 104 cm³/mol. The molecule has 0 radical (unpaired) electrons. The third-order valence-electron chi connectivity index (χ3n) is 5.01. The van der Waals surface area contributed by atoms with Crippen molar-refractivity contribution in [1.82, 2.24) is 14.2 Å². The zero-order valence-electron chi connectivity index (χ0n) is 15.1. The summed E-state index contributed by atoms with van der Waals surface area (Å²) < 4.78 is 40.1. The van der Waals surface area contributed by atoms with Gasteiger partial charge in [0.15, 0.2) is 0 Å². The number of para-hydroxylation sites is 1.